The number of likely N-dealkylation sites (tertiary alicyclic amines) is 2. The van der Waals surface area contributed by atoms with Crippen molar-refractivity contribution in [2.75, 3.05) is 26.2 Å². The highest BCUT2D eigenvalue weighted by Gasteiger charge is 2.34. The van der Waals surface area contributed by atoms with Crippen molar-refractivity contribution in [3.63, 3.8) is 0 Å². The van der Waals surface area contributed by atoms with Crippen molar-refractivity contribution in [1.82, 2.24) is 15.1 Å². The molecule has 4 rings (SSSR count). The van der Waals surface area contributed by atoms with Crippen LogP contribution in [0, 0.1) is 12.8 Å². The first-order chi connectivity index (χ1) is 12.6. The Bertz CT molecular complexity index is 662. The molecule has 2 saturated heterocycles. The molecule has 1 N–H and O–H groups in total. The normalized spacial score (nSPS) is 25.3. The second-order valence-electron chi connectivity index (χ2n) is 8.05. The third-order valence-electron chi connectivity index (χ3n) is 5.97. The molecule has 3 heterocycles. The van der Waals surface area contributed by atoms with E-state index < -0.39 is 0 Å². The molecule has 2 aliphatic heterocycles. The molecule has 0 aromatic carbocycles. The van der Waals surface area contributed by atoms with Gasteiger partial charge in [-0.05, 0) is 64.1 Å². The van der Waals surface area contributed by atoms with E-state index in [1.54, 1.807) is 11.3 Å². The van der Waals surface area contributed by atoms with E-state index in [2.05, 4.69) is 10.2 Å². The van der Waals surface area contributed by atoms with Gasteiger partial charge in [0.05, 0.1) is 10.8 Å². The lowest BCUT2D eigenvalue weighted by Gasteiger charge is -2.42. The van der Waals surface area contributed by atoms with E-state index in [0.717, 1.165) is 69.6 Å². The van der Waals surface area contributed by atoms with Gasteiger partial charge in [-0.3, -0.25) is 14.5 Å². The number of rotatable bonds is 4. The summed E-state index contributed by atoms with van der Waals surface area (Å²) in [6, 6.07) is 4.93. The van der Waals surface area contributed by atoms with Crippen molar-refractivity contribution >= 4 is 23.2 Å². The summed E-state index contributed by atoms with van der Waals surface area (Å²) >= 11 is 1.59. The molecule has 0 bridgehead atoms. The largest absolute Gasteiger partial charge is 0.353 e. The summed E-state index contributed by atoms with van der Waals surface area (Å²) in [5, 5.41) is 3.17. The molecular formula is C20H29N3O2S. The smallest absolute Gasteiger partial charge is 0.263 e. The van der Waals surface area contributed by atoms with Gasteiger partial charge in [0.1, 0.15) is 0 Å². The molecule has 26 heavy (non-hydrogen) atoms. The Hall–Kier alpha value is -1.40. The summed E-state index contributed by atoms with van der Waals surface area (Å²) < 4.78 is 0. The maximum Gasteiger partial charge on any atom is 0.263 e. The molecule has 1 atom stereocenters. The second kappa shape index (κ2) is 7.69. The Kier molecular flexibility index (Phi) is 5.32. The first-order valence-corrected chi connectivity index (χ1v) is 10.8. The Morgan fingerprint density at radius 2 is 1.85 bits per heavy atom. The number of carbonyl (C=O) groups is 2. The molecular weight excluding hydrogens is 346 g/mol. The van der Waals surface area contributed by atoms with Crippen LogP contribution in [0.25, 0.3) is 0 Å². The van der Waals surface area contributed by atoms with Crippen LogP contribution in [0.4, 0.5) is 0 Å². The molecule has 0 radical (unpaired) electrons. The Balaban J connectivity index is 1.28. The van der Waals surface area contributed by atoms with Crippen LogP contribution in [-0.4, -0.2) is 59.9 Å². The number of aryl methyl sites for hydroxylation is 1. The molecule has 142 valence electrons. The first-order valence-electron chi connectivity index (χ1n) is 10.0. The van der Waals surface area contributed by atoms with E-state index in [1.165, 1.54) is 4.88 Å². The molecule has 1 aromatic rings. The highest BCUT2D eigenvalue weighted by atomic mass is 32.1. The minimum Gasteiger partial charge on any atom is -0.353 e. The van der Waals surface area contributed by atoms with Gasteiger partial charge in [-0.25, -0.2) is 0 Å². The highest BCUT2D eigenvalue weighted by Crippen LogP contribution is 2.27. The molecule has 2 amide bonds. The maximum absolute atomic E-state index is 12.6. The number of nitrogens with one attached hydrogen (secondary N) is 1. The Morgan fingerprint density at radius 1 is 1.08 bits per heavy atom. The van der Waals surface area contributed by atoms with Crippen LogP contribution in [0.15, 0.2) is 12.1 Å². The minimum absolute atomic E-state index is 0.151. The van der Waals surface area contributed by atoms with E-state index in [-0.39, 0.29) is 17.7 Å². The summed E-state index contributed by atoms with van der Waals surface area (Å²) in [7, 11) is 0. The van der Waals surface area contributed by atoms with Gasteiger partial charge in [-0.1, -0.05) is 0 Å². The van der Waals surface area contributed by atoms with Gasteiger partial charge in [0.15, 0.2) is 0 Å². The highest BCUT2D eigenvalue weighted by molar-refractivity contribution is 7.13. The third kappa shape index (κ3) is 4.12. The zero-order chi connectivity index (χ0) is 18.1. The topological polar surface area (TPSA) is 52.7 Å². The van der Waals surface area contributed by atoms with Crippen LogP contribution in [0.5, 0.6) is 0 Å². The molecule has 0 unspecified atom stereocenters. The standard InChI is InChI=1S/C20H29N3O2S/c1-14-4-7-18(26-14)20(25)22-11-8-17(9-12-22)23-10-2-3-15(13-23)19(24)21-16-5-6-16/h4,7,15-17H,2-3,5-6,8-13H2,1H3,(H,21,24)/t15-/m0/s1. The molecule has 5 nitrogen and oxygen atoms in total. The van der Waals surface area contributed by atoms with Gasteiger partial charge in [-0.15, -0.1) is 11.3 Å². The molecule has 1 aromatic heterocycles. The summed E-state index contributed by atoms with van der Waals surface area (Å²) in [5.41, 5.74) is 0. The van der Waals surface area contributed by atoms with E-state index >= 15 is 0 Å². The van der Waals surface area contributed by atoms with Crippen LogP contribution < -0.4 is 5.32 Å². The summed E-state index contributed by atoms with van der Waals surface area (Å²) in [6.45, 7) is 5.68. The van der Waals surface area contributed by atoms with Gasteiger partial charge in [0, 0.05) is 36.6 Å². The van der Waals surface area contributed by atoms with Crippen molar-refractivity contribution in [3.05, 3.63) is 21.9 Å². The lowest BCUT2D eigenvalue weighted by Crippen LogP contribution is -2.51. The zero-order valence-corrected chi connectivity index (χ0v) is 16.4. The first kappa shape index (κ1) is 18.0. The van der Waals surface area contributed by atoms with Crippen molar-refractivity contribution < 1.29 is 9.59 Å². The number of thiophene rings is 1. The van der Waals surface area contributed by atoms with Crippen molar-refractivity contribution in [2.45, 2.75) is 57.5 Å². The van der Waals surface area contributed by atoms with Gasteiger partial charge >= 0.3 is 0 Å². The fraction of sp³-hybridized carbons (Fsp3) is 0.700. The summed E-state index contributed by atoms with van der Waals surface area (Å²) in [6.07, 6.45) is 6.47. The Morgan fingerprint density at radius 3 is 2.50 bits per heavy atom. The van der Waals surface area contributed by atoms with E-state index in [9.17, 15) is 9.59 Å². The fourth-order valence-electron chi connectivity index (χ4n) is 4.24. The number of amides is 2. The van der Waals surface area contributed by atoms with Crippen molar-refractivity contribution in [3.8, 4) is 0 Å². The van der Waals surface area contributed by atoms with Gasteiger partial charge in [0.2, 0.25) is 5.91 Å². The average Bonchev–Trinajstić information content (AvgIpc) is 3.38. The SMILES string of the molecule is Cc1ccc(C(=O)N2CCC(N3CCC[C@H](C(=O)NC4CC4)C3)CC2)s1. The van der Waals surface area contributed by atoms with Crippen LogP contribution in [0.3, 0.4) is 0 Å². The van der Waals surface area contributed by atoms with E-state index in [0.29, 0.717) is 12.1 Å². The number of hydrogen-bond acceptors (Lipinski definition) is 4. The molecule has 0 spiro atoms. The maximum atomic E-state index is 12.6. The predicted molar refractivity (Wildman–Crippen MR) is 103 cm³/mol. The predicted octanol–water partition coefficient (Wildman–Crippen LogP) is 2.65. The Labute approximate surface area is 159 Å². The number of hydrogen-bond donors (Lipinski definition) is 1. The molecule has 3 fully saturated rings. The van der Waals surface area contributed by atoms with Gasteiger partial charge in [-0.2, -0.15) is 0 Å². The lowest BCUT2D eigenvalue weighted by molar-refractivity contribution is -0.127. The molecule has 3 aliphatic rings. The zero-order valence-electron chi connectivity index (χ0n) is 15.6. The molecule has 6 heteroatoms. The van der Waals surface area contributed by atoms with Crippen molar-refractivity contribution in [2.24, 2.45) is 5.92 Å². The summed E-state index contributed by atoms with van der Waals surface area (Å²) in [4.78, 5) is 31.6. The quantitative estimate of drug-likeness (QED) is 0.880. The van der Waals surface area contributed by atoms with Gasteiger partial charge < -0.3 is 10.2 Å². The van der Waals surface area contributed by atoms with E-state index in [1.807, 2.05) is 24.0 Å². The molecule has 1 saturated carbocycles. The van der Waals surface area contributed by atoms with E-state index in [4.69, 9.17) is 0 Å². The average molecular weight is 376 g/mol. The minimum atomic E-state index is 0.151. The van der Waals surface area contributed by atoms with Crippen molar-refractivity contribution in [1.29, 1.82) is 0 Å². The summed E-state index contributed by atoms with van der Waals surface area (Å²) in [5.74, 6) is 0.595. The van der Waals surface area contributed by atoms with Crippen LogP contribution >= 0.6 is 11.3 Å². The van der Waals surface area contributed by atoms with Crippen LogP contribution in [0.1, 0.15) is 53.1 Å². The number of carbonyl (C=O) groups excluding carboxylic acids is 2. The monoisotopic (exact) mass is 375 g/mol. The second-order valence-corrected chi connectivity index (χ2v) is 9.34. The molecule has 1 aliphatic carbocycles. The van der Waals surface area contributed by atoms with Gasteiger partial charge in [0.25, 0.3) is 5.91 Å². The van der Waals surface area contributed by atoms with Crippen LogP contribution in [0.2, 0.25) is 0 Å². The number of nitrogens with zero attached hydrogens (tertiary/aromatic N) is 2. The third-order valence-corrected chi connectivity index (χ3v) is 6.96. The number of piperidine rings is 2. The van der Waals surface area contributed by atoms with Crippen LogP contribution in [-0.2, 0) is 4.79 Å². The lowest BCUT2D eigenvalue weighted by atomic mass is 9.93. The fourth-order valence-corrected chi connectivity index (χ4v) is 5.07.